The minimum atomic E-state index is -0.172. The minimum absolute atomic E-state index is 0.172. The first kappa shape index (κ1) is 14.2. The first-order valence-corrected chi connectivity index (χ1v) is 7.44. The number of aryl methyl sites for hydroxylation is 1. The van der Waals surface area contributed by atoms with E-state index in [2.05, 4.69) is 22.6 Å². The Bertz CT molecular complexity index is 524. The van der Waals surface area contributed by atoms with Gasteiger partial charge in [-0.3, -0.25) is 0 Å². The molecule has 19 heavy (non-hydrogen) atoms. The zero-order valence-electron chi connectivity index (χ0n) is 11.3. The summed E-state index contributed by atoms with van der Waals surface area (Å²) in [5.74, 6) is 0.0931. The van der Waals surface area contributed by atoms with Crippen LogP contribution in [0.15, 0.2) is 29.6 Å². The number of hydrogen-bond donors (Lipinski definition) is 1. The van der Waals surface area contributed by atoms with E-state index in [9.17, 15) is 4.39 Å². The lowest BCUT2D eigenvalue weighted by Crippen LogP contribution is -2.22. The maximum Gasteiger partial charge on any atom is 0.123 e. The summed E-state index contributed by atoms with van der Waals surface area (Å²) in [6.07, 6.45) is 0.856. The summed E-state index contributed by atoms with van der Waals surface area (Å²) in [7, 11) is 0. The summed E-state index contributed by atoms with van der Waals surface area (Å²) >= 11 is 1.68. The molecule has 4 heteroatoms. The number of benzene rings is 1. The molecule has 0 amide bonds. The molecule has 0 aliphatic rings. The van der Waals surface area contributed by atoms with Crippen molar-refractivity contribution in [2.24, 2.45) is 0 Å². The smallest absolute Gasteiger partial charge is 0.123 e. The number of halogens is 1. The number of likely N-dealkylation sites (N-methyl/N-ethyl adjacent to an activating group) is 1. The Balaban J connectivity index is 2.15. The molecule has 1 N–H and O–H groups in total. The Hall–Kier alpha value is -1.26. The van der Waals surface area contributed by atoms with Crippen molar-refractivity contribution in [3.8, 4) is 0 Å². The topological polar surface area (TPSA) is 24.9 Å². The minimum Gasteiger partial charge on any atom is -0.316 e. The molecule has 2 nitrogen and oxygen atoms in total. The molecule has 0 aliphatic carbocycles. The van der Waals surface area contributed by atoms with E-state index in [1.165, 1.54) is 6.07 Å². The second-order valence-corrected chi connectivity index (χ2v) is 5.59. The Morgan fingerprint density at radius 2 is 2.26 bits per heavy atom. The van der Waals surface area contributed by atoms with Gasteiger partial charge in [-0.25, -0.2) is 9.37 Å². The van der Waals surface area contributed by atoms with Gasteiger partial charge in [0.1, 0.15) is 5.82 Å². The Labute approximate surface area is 117 Å². The number of nitrogens with one attached hydrogen (secondary N) is 1. The van der Waals surface area contributed by atoms with Crippen LogP contribution in [0.5, 0.6) is 0 Å². The van der Waals surface area contributed by atoms with Crippen molar-refractivity contribution < 1.29 is 4.39 Å². The Kier molecular flexibility index (Phi) is 5.05. The maximum atomic E-state index is 13.4. The third kappa shape index (κ3) is 4.11. The zero-order chi connectivity index (χ0) is 13.7. The Morgan fingerprint density at radius 1 is 1.42 bits per heavy atom. The van der Waals surface area contributed by atoms with Crippen LogP contribution in [0.2, 0.25) is 0 Å². The summed E-state index contributed by atoms with van der Waals surface area (Å²) < 4.78 is 13.4. The fourth-order valence-electron chi connectivity index (χ4n) is 2.09. The van der Waals surface area contributed by atoms with Crippen LogP contribution < -0.4 is 5.32 Å². The van der Waals surface area contributed by atoms with Crippen molar-refractivity contribution in [3.63, 3.8) is 0 Å². The predicted octanol–water partition coefficient (Wildman–Crippen LogP) is 3.53. The SMILES string of the molecule is CCNCC(Cc1nc(C)cs1)c1cccc(F)c1. The summed E-state index contributed by atoms with van der Waals surface area (Å²) in [5.41, 5.74) is 2.09. The Morgan fingerprint density at radius 3 is 2.89 bits per heavy atom. The van der Waals surface area contributed by atoms with Gasteiger partial charge in [-0.15, -0.1) is 11.3 Å². The van der Waals surface area contributed by atoms with Gasteiger partial charge in [0.2, 0.25) is 0 Å². The molecule has 0 saturated carbocycles. The van der Waals surface area contributed by atoms with Gasteiger partial charge in [0.25, 0.3) is 0 Å². The van der Waals surface area contributed by atoms with Gasteiger partial charge in [-0.1, -0.05) is 19.1 Å². The molecule has 0 radical (unpaired) electrons. The average Bonchev–Trinajstić information content (AvgIpc) is 2.80. The highest BCUT2D eigenvalue weighted by Gasteiger charge is 2.14. The van der Waals surface area contributed by atoms with Crippen molar-refractivity contribution in [2.45, 2.75) is 26.2 Å². The third-order valence-electron chi connectivity index (χ3n) is 3.05. The predicted molar refractivity (Wildman–Crippen MR) is 78.2 cm³/mol. The zero-order valence-corrected chi connectivity index (χ0v) is 12.1. The van der Waals surface area contributed by atoms with E-state index in [1.54, 1.807) is 23.5 Å². The quantitative estimate of drug-likeness (QED) is 0.874. The van der Waals surface area contributed by atoms with Crippen LogP contribution in [0, 0.1) is 12.7 Å². The number of aromatic nitrogens is 1. The lowest BCUT2D eigenvalue weighted by molar-refractivity contribution is 0.581. The largest absolute Gasteiger partial charge is 0.316 e. The van der Waals surface area contributed by atoms with Crippen molar-refractivity contribution in [1.29, 1.82) is 0 Å². The molecule has 0 saturated heterocycles. The molecule has 0 aliphatic heterocycles. The lowest BCUT2D eigenvalue weighted by Gasteiger charge is -2.16. The fraction of sp³-hybridized carbons (Fsp3) is 0.400. The molecule has 0 fully saturated rings. The number of nitrogens with zero attached hydrogens (tertiary/aromatic N) is 1. The first-order valence-electron chi connectivity index (χ1n) is 6.56. The van der Waals surface area contributed by atoms with Crippen LogP contribution in [0.4, 0.5) is 4.39 Å². The monoisotopic (exact) mass is 278 g/mol. The molecule has 102 valence electrons. The molecule has 1 aromatic heterocycles. The van der Waals surface area contributed by atoms with Crippen molar-refractivity contribution >= 4 is 11.3 Å². The second kappa shape index (κ2) is 6.78. The molecule has 2 rings (SSSR count). The molecular formula is C15H19FN2S. The van der Waals surface area contributed by atoms with E-state index in [0.717, 1.165) is 35.8 Å². The molecule has 1 heterocycles. The third-order valence-corrected chi connectivity index (χ3v) is 4.04. The van der Waals surface area contributed by atoms with Crippen LogP contribution in [0.25, 0.3) is 0 Å². The second-order valence-electron chi connectivity index (χ2n) is 4.65. The molecular weight excluding hydrogens is 259 g/mol. The van der Waals surface area contributed by atoms with Gasteiger partial charge >= 0.3 is 0 Å². The lowest BCUT2D eigenvalue weighted by atomic mass is 9.95. The number of thiazole rings is 1. The van der Waals surface area contributed by atoms with E-state index in [1.807, 2.05) is 13.0 Å². The van der Waals surface area contributed by atoms with E-state index in [4.69, 9.17) is 0 Å². The summed E-state index contributed by atoms with van der Waals surface area (Å²) in [4.78, 5) is 4.50. The summed E-state index contributed by atoms with van der Waals surface area (Å²) in [6.45, 7) is 5.85. The highest BCUT2D eigenvalue weighted by Crippen LogP contribution is 2.23. The average molecular weight is 278 g/mol. The summed E-state index contributed by atoms with van der Waals surface area (Å²) in [5, 5.41) is 6.52. The molecule has 2 aromatic rings. The first-order chi connectivity index (χ1) is 9.19. The van der Waals surface area contributed by atoms with Crippen molar-refractivity contribution in [2.75, 3.05) is 13.1 Å². The van der Waals surface area contributed by atoms with Crippen LogP contribution >= 0.6 is 11.3 Å². The van der Waals surface area contributed by atoms with Crippen LogP contribution in [0.3, 0.4) is 0 Å². The van der Waals surface area contributed by atoms with E-state index in [0.29, 0.717) is 0 Å². The van der Waals surface area contributed by atoms with E-state index < -0.39 is 0 Å². The molecule has 1 atom stereocenters. The molecule has 1 aromatic carbocycles. The van der Waals surface area contributed by atoms with E-state index >= 15 is 0 Å². The standard InChI is InChI=1S/C15H19FN2S/c1-3-17-9-13(8-15-18-11(2)10-19-15)12-5-4-6-14(16)7-12/h4-7,10,13,17H,3,8-9H2,1-2H3. The van der Waals surface area contributed by atoms with Gasteiger partial charge in [-0.05, 0) is 31.2 Å². The van der Waals surface area contributed by atoms with Gasteiger partial charge in [0, 0.05) is 30.0 Å². The normalized spacial score (nSPS) is 12.6. The van der Waals surface area contributed by atoms with Crippen LogP contribution in [-0.2, 0) is 6.42 Å². The van der Waals surface area contributed by atoms with Crippen LogP contribution in [-0.4, -0.2) is 18.1 Å². The van der Waals surface area contributed by atoms with Crippen molar-refractivity contribution in [1.82, 2.24) is 10.3 Å². The fourth-order valence-corrected chi connectivity index (χ4v) is 2.95. The van der Waals surface area contributed by atoms with Gasteiger partial charge < -0.3 is 5.32 Å². The summed E-state index contributed by atoms with van der Waals surface area (Å²) in [6, 6.07) is 6.88. The van der Waals surface area contributed by atoms with Gasteiger partial charge in [0.15, 0.2) is 0 Å². The maximum absolute atomic E-state index is 13.4. The van der Waals surface area contributed by atoms with Gasteiger partial charge in [-0.2, -0.15) is 0 Å². The van der Waals surface area contributed by atoms with Crippen molar-refractivity contribution in [3.05, 3.63) is 51.7 Å². The molecule has 1 unspecified atom stereocenters. The molecule has 0 bridgehead atoms. The number of hydrogen-bond acceptors (Lipinski definition) is 3. The van der Waals surface area contributed by atoms with Gasteiger partial charge in [0.05, 0.1) is 5.01 Å². The highest BCUT2D eigenvalue weighted by atomic mass is 32.1. The highest BCUT2D eigenvalue weighted by molar-refractivity contribution is 7.09. The van der Waals surface area contributed by atoms with Crippen LogP contribution in [0.1, 0.15) is 29.1 Å². The van der Waals surface area contributed by atoms with E-state index in [-0.39, 0.29) is 11.7 Å². The molecule has 0 spiro atoms. The number of rotatable bonds is 6.